The summed E-state index contributed by atoms with van der Waals surface area (Å²) in [7, 11) is 0. The van der Waals surface area contributed by atoms with Crippen LogP contribution in [-0.4, -0.2) is 39.9 Å². The molecule has 19 rings (SSSR count). The Balaban J connectivity index is 1.11. The Morgan fingerprint density at radius 3 is 0.740 bits per heavy atom. The van der Waals surface area contributed by atoms with Gasteiger partial charge in [-0.3, -0.25) is 0 Å². The highest BCUT2D eigenvalue weighted by atomic mass is 15.1. The minimum Gasteiger partial charge on any atom is -0.324 e. The summed E-state index contributed by atoms with van der Waals surface area (Å²) >= 11 is 0. The molecule has 14 aromatic carbocycles. The minimum atomic E-state index is 0.484. The maximum absolute atomic E-state index is 6.16. The van der Waals surface area contributed by atoms with Gasteiger partial charge in [-0.05, 0) is 112 Å². The van der Waals surface area contributed by atoms with Gasteiger partial charge in [-0.25, -0.2) is 29.9 Å². The molecule has 0 atom stereocenters. The number of hydrogen-bond donors (Lipinski definition) is 2. The van der Waals surface area contributed by atoms with Crippen molar-refractivity contribution in [3.05, 3.63) is 338 Å². The van der Waals surface area contributed by atoms with E-state index in [9.17, 15) is 0 Å². The second kappa shape index (κ2) is 22.4. The molecule has 8 bridgehead atoms. The minimum absolute atomic E-state index is 0.484. The maximum atomic E-state index is 6.16. The molecular formula is C88H54N8. The zero-order chi connectivity index (χ0) is 63.2. The van der Waals surface area contributed by atoms with Gasteiger partial charge in [0.25, 0.3) is 0 Å². The summed E-state index contributed by atoms with van der Waals surface area (Å²) in [6.45, 7) is 0. The molecule has 446 valence electrons. The van der Waals surface area contributed by atoms with Crippen LogP contribution in [0.25, 0.3) is 177 Å². The van der Waals surface area contributed by atoms with Crippen LogP contribution in [0.1, 0.15) is 22.8 Å². The van der Waals surface area contributed by atoms with Gasteiger partial charge in [0.05, 0.1) is 0 Å². The van der Waals surface area contributed by atoms with E-state index in [4.69, 9.17) is 29.9 Å². The summed E-state index contributed by atoms with van der Waals surface area (Å²) < 4.78 is 0. The lowest BCUT2D eigenvalue weighted by atomic mass is 9.83. The second-order valence-electron chi connectivity index (χ2n) is 24.5. The van der Waals surface area contributed by atoms with Gasteiger partial charge in [-0.2, -0.15) is 0 Å². The fraction of sp³-hybridized carbons (Fsp3) is 0. The van der Waals surface area contributed by atoms with Crippen LogP contribution in [0.2, 0.25) is 0 Å². The van der Waals surface area contributed by atoms with E-state index in [1.807, 2.05) is 6.07 Å². The van der Waals surface area contributed by atoms with E-state index in [2.05, 4.69) is 319 Å². The second-order valence-corrected chi connectivity index (χ2v) is 24.5. The molecule has 0 amide bonds. The van der Waals surface area contributed by atoms with Gasteiger partial charge >= 0.3 is 0 Å². The van der Waals surface area contributed by atoms with E-state index in [1.54, 1.807) is 0 Å². The summed E-state index contributed by atoms with van der Waals surface area (Å²) in [5.74, 6) is 1.94. The number of aromatic nitrogens is 8. The topological polar surface area (TPSA) is 109 Å². The lowest BCUT2D eigenvalue weighted by molar-refractivity contribution is 1.12. The highest BCUT2D eigenvalue weighted by molar-refractivity contribution is 6.30. The van der Waals surface area contributed by atoms with Gasteiger partial charge in [-0.1, -0.05) is 291 Å². The van der Waals surface area contributed by atoms with Gasteiger partial charge in [0.15, 0.2) is 23.3 Å². The number of nitrogens with zero attached hydrogens (tertiary/aromatic N) is 6. The standard InChI is InChI=1S/C88H54N8/c1-9-29-53(30-10-1)69-65-49-61-45-25-27-47-63(61)51-67(65)71(55-33-13-3-14-34-55)79-77(69)85-92-83-75(59-41-21-7-22-42-59)73(57-37-17-5-18-38-57)81(90-83)89-82-74(58-39-19-6-20-40-58)76(60-43-23-8-24-44-60)84(91-82)93-86-78-70(54-31-11-2-12-32-54)66-50-62-46-26-28-48-64(62)52-68(66)72(56-35-15-4-16-36-56)80(78)88(95-86)96-87(79)94-85/h1-52H,(H2,89,90,91,92,93,94,95,96). The highest BCUT2D eigenvalue weighted by Crippen LogP contribution is 2.54. The lowest BCUT2D eigenvalue weighted by Gasteiger charge is -2.19. The van der Waals surface area contributed by atoms with Crippen LogP contribution in [0.3, 0.4) is 0 Å². The van der Waals surface area contributed by atoms with Crippen molar-refractivity contribution in [2.75, 3.05) is 0 Å². The van der Waals surface area contributed by atoms with Crippen molar-refractivity contribution in [1.82, 2.24) is 39.9 Å². The Morgan fingerprint density at radius 1 is 0.177 bits per heavy atom. The van der Waals surface area contributed by atoms with E-state index in [-0.39, 0.29) is 0 Å². The number of hydrogen-bond acceptors (Lipinski definition) is 6. The summed E-state index contributed by atoms with van der Waals surface area (Å²) in [6.07, 6.45) is 0. The number of benzene rings is 14. The zero-order valence-electron chi connectivity index (χ0n) is 51.7. The monoisotopic (exact) mass is 1220 g/mol. The Morgan fingerprint density at radius 2 is 0.406 bits per heavy atom. The molecule has 2 N–H and O–H groups in total. The molecule has 0 saturated carbocycles. The molecular weight excluding hydrogens is 1170 g/mol. The van der Waals surface area contributed by atoms with E-state index in [1.165, 1.54) is 0 Å². The summed E-state index contributed by atoms with van der Waals surface area (Å²) in [5, 5.41) is 10.5. The third-order valence-corrected chi connectivity index (χ3v) is 19.0. The van der Waals surface area contributed by atoms with Crippen molar-refractivity contribution in [1.29, 1.82) is 0 Å². The first kappa shape index (κ1) is 54.7. The SMILES string of the molecule is c1ccc(C2=C(c3ccccc3)c3nc2nc2[nH]c(nc4nc(nc5[nH]c(n3)c3c(-c6ccccc6)c6cc7ccccc7cc6c(-c6ccccc6)c53)-c3c-4c(-c4ccccc4)c4cc5ccccc5cc4c3-c3ccccc3)c(-c3ccccc3)c2-c2ccccc2)cc1. The Bertz CT molecular complexity index is 6200. The van der Waals surface area contributed by atoms with Crippen LogP contribution in [-0.2, 0) is 0 Å². The van der Waals surface area contributed by atoms with E-state index in [0.29, 0.717) is 45.9 Å². The molecule has 0 fully saturated rings. The van der Waals surface area contributed by atoms with Gasteiger partial charge in [0, 0.05) is 66.4 Å². The molecule has 0 spiro atoms. The van der Waals surface area contributed by atoms with Crippen LogP contribution in [0.15, 0.2) is 315 Å². The third kappa shape index (κ3) is 8.92. The first-order valence-corrected chi connectivity index (χ1v) is 32.4. The van der Waals surface area contributed by atoms with Crippen molar-refractivity contribution in [3.8, 4) is 89.5 Å². The average Bonchev–Trinajstić information content (AvgIpc) is 1.47. The molecule has 0 unspecified atom stereocenters. The Kier molecular flexibility index (Phi) is 12.7. The number of rotatable bonds is 8. The van der Waals surface area contributed by atoms with Crippen molar-refractivity contribution < 1.29 is 0 Å². The van der Waals surface area contributed by atoms with Crippen molar-refractivity contribution in [3.63, 3.8) is 0 Å². The normalized spacial score (nSPS) is 12.1. The molecule has 0 saturated heterocycles. The Hall–Kier alpha value is -13.0. The molecule has 2 aliphatic rings. The predicted molar refractivity (Wildman–Crippen MR) is 395 cm³/mol. The highest BCUT2D eigenvalue weighted by Gasteiger charge is 2.34. The lowest BCUT2D eigenvalue weighted by Crippen LogP contribution is -1.95. The van der Waals surface area contributed by atoms with Crippen molar-refractivity contribution in [2.45, 2.75) is 0 Å². The number of H-pyrrole nitrogens is 2. The fourth-order valence-corrected chi connectivity index (χ4v) is 14.9. The predicted octanol–water partition coefficient (Wildman–Crippen LogP) is 22.0. The van der Waals surface area contributed by atoms with Gasteiger partial charge in [-0.15, -0.1) is 0 Å². The number of aromatic amines is 2. The number of fused-ring (bicyclic) bond motifs is 18. The van der Waals surface area contributed by atoms with Crippen LogP contribution in [0, 0.1) is 0 Å². The fourth-order valence-electron chi connectivity index (χ4n) is 14.9. The maximum Gasteiger partial charge on any atom is 0.165 e. The molecule has 8 heteroatoms. The summed E-state index contributed by atoms with van der Waals surface area (Å²) in [4.78, 5) is 43.7. The van der Waals surface area contributed by atoms with E-state index < -0.39 is 0 Å². The molecule has 3 aromatic heterocycles. The quantitative estimate of drug-likeness (QED) is 0.147. The summed E-state index contributed by atoms with van der Waals surface area (Å²) in [6, 6.07) is 112. The van der Waals surface area contributed by atoms with E-state index in [0.717, 1.165) is 154 Å². The van der Waals surface area contributed by atoms with E-state index >= 15 is 0 Å². The van der Waals surface area contributed by atoms with Gasteiger partial charge in [0.2, 0.25) is 0 Å². The largest absolute Gasteiger partial charge is 0.324 e. The smallest absolute Gasteiger partial charge is 0.165 e. The molecule has 0 radical (unpaired) electrons. The van der Waals surface area contributed by atoms with Crippen LogP contribution < -0.4 is 0 Å². The third-order valence-electron chi connectivity index (χ3n) is 19.0. The molecule has 96 heavy (non-hydrogen) atoms. The Labute approximate surface area is 552 Å². The molecule has 8 nitrogen and oxygen atoms in total. The molecule has 17 aromatic rings. The van der Waals surface area contributed by atoms with Crippen molar-refractivity contribution >= 4 is 87.6 Å². The van der Waals surface area contributed by atoms with Crippen LogP contribution >= 0.6 is 0 Å². The van der Waals surface area contributed by atoms with Gasteiger partial charge < -0.3 is 9.97 Å². The van der Waals surface area contributed by atoms with Gasteiger partial charge in [0.1, 0.15) is 22.6 Å². The van der Waals surface area contributed by atoms with Crippen LogP contribution in [0.5, 0.6) is 0 Å². The average molecular weight is 1220 g/mol. The van der Waals surface area contributed by atoms with Crippen LogP contribution in [0.4, 0.5) is 0 Å². The first-order valence-electron chi connectivity index (χ1n) is 32.4. The molecule has 2 aliphatic heterocycles. The zero-order valence-corrected chi connectivity index (χ0v) is 51.7. The molecule has 0 aliphatic carbocycles. The molecule has 5 heterocycles. The summed E-state index contributed by atoms with van der Waals surface area (Å²) in [5.41, 5.74) is 19.2. The van der Waals surface area contributed by atoms with Crippen molar-refractivity contribution in [2.24, 2.45) is 0 Å². The number of nitrogens with one attached hydrogen (secondary N) is 2. The first-order chi connectivity index (χ1) is 47.6.